The van der Waals surface area contributed by atoms with E-state index in [0.717, 1.165) is 16.7 Å². The summed E-state index contributed by atoms with van der Waals surface area (Å²) >= 11 is 0. The Morgan fingerprint density at radius 1 is 1.15 bits per heavy atom. The molecular formula is C10H13NOSi. The van der Waals surface area contributed by atoms with E-state index in [1.807, 2.05) is 30.3 Å². The number of ether oxygens (including phenoxy) is 1. The first-order chi connectivity index (χ1) is 5.92. The molecule has 0 saturated carbocycles. The number of rotatable bonds is 1. The van der Waals surface area contributed by atoms with Gasteiger partial charge in [0.1, 0.15) is 5.75 Å². The fourth-order valence-corrected chi connectivity index (χ4v) is 1.25. The van der Waals surface area contributed by atoms with Crippen molar-refractivity contribution in [2.75, 3.05) is 7.11 Å². The van der Waals surface area contributed by atoms with Crippen LogP contribution in [0.15, 0.2) is 36.5 Å². The lowest BCUT2D eigenvalue weighted by Gasteiger charge is -2.02. The van der Waals surface area contributed by atoms with Crippen molar-refractivity contribution in [3.8, 4) is 5.75 Å². The first-order valence-electron chi connectivity index (χ1n) is 3.79. The summed E-state index contributed by atoms with van der Waals surface area (Å²) in [5.41, 5.74) is 0.969. The van der Waals surface area contributed by atoms with Gasteiger partial charge in [0, 0.05) is 11.6 Å². The van der Waals surface area contributed by atoms with E-state index in [2.05, 4.69) is 4.98 Å². The summed E-state index contributed by atoms with van der Waals surface area (Å²) in [6.45, 7) is 0. The van der Waals surface area contributed by atoms with Crippen LogP contribution in [0.3, 0.4) is 0 Å². The first-order valence-corrected chi connectivity index (χ1v) is 3.79. The van der Waals surface area contributed by atoms with Gasteiger partial charge in [-0.05, 0) is 35.2 Å². The maximum absolute atomic E-state index is 5.19. The van der Waals surface area contributed by atoms with Crippen LogP contribution in [-0.2, 0) is 0 Å². The largest absolute Gasteiger partial charge is 0.496 e. The van der Waals surface area contributed by atoms with Crippen molar-refractivity contribution >= 4 is 21.9 Å². The van der Waals surface area contributed by atoms with Gasteiger partial charge in [-0.15, -0.1) is 0 Å². The summed E-state index contributed by atoms with van der Waals surface area (Å²) in [4.78, 5) is 4.21. The van der Waals surface area contributed by atoms with E-state index >= 15 is 0 Å². The second-order valence-corrected chi connectivity index (χ2v) is 2.53. The fourth-order valence-electron chi connectivity index (χ4n) is 1.25. The van der Waals surface area contributed by atoms with E-state index in [1.54, 1.807) is 13.3 Å². The van der Waals surface area contributed by atoms with Crippen molar-refractivity contribution in [1.29, 1.82) is 0 Å². The normalized spacial score (nSPS) is 9.31. The Balaban J connectivity index is 0.000000845. The number of benzene rings is 1. The molecule has 1 aromatic carbocycles. The molecule has 0 aliphatic carbocycles. The van der Waals surface area contributed by atoms with Crippen LogP contribution in [0.5, 0.6) is 5.75 Å². The molecule has 3 heteroatoms. The van der Waals surface area contributed by atoms with Crippen molar-refractivity contribution in [3.63, 3.8) is 0 Å². The number of hydrogen-bond donors (Lipinski definition) is 0. The molecule has 0 saturated heterocycles. The minimum Gasteiger partial charge on any atom is -0.496 e. The minimum absolute atomic E-state index is 0. The van der Waals surface area contributed by atoms with E-state index in [-0.39, 0.29) is 11.0 Å². The van der Waals surface area contributed by atoms with Crippen LogP contribution in [0.25, 0.3) is 10.9 Å². The van der Waals surface area contributed by atoms with Crippen molar-refractivity contribution in [3.05, 3.63) is 36.5 Å². The Morgan fingerprint density at radius 3 is 2.77 bits per heavy atom. The third-order valence-electron chi connectivity index (χ3n) is 1.83. The monoisotopic (exact) mass is 191 g/mol. The number of hydrogen-bond acceptors (Lipinski definition) is 2. The molecule has 0 aliphatic heterocycles. The smallest absolute Gasteiger partial charge is 0.128 e. The molecular weight excluding hydrogens is 178 g/mol. The molecule has 0 N–H and O–H groups in total. The van der Waals surface area contributed by atoms with Crippen molar-refractivity contribution in [2.24, 2.45) is 0 Å². The number of aromatic nitrogens is 1. The molecule has 2 rings (SSSR count). The number of pyridine rings is 1. The van der Waals surface area contributed by atoms with Crippen LogP contribution in [0.4, 0.5) is 0 Å². The lowest BCUT2D eigenvalue weighted by Crippen LogP contribution is -1.85. The van der Waals surface area contributed by atoms with Gasteiger partial charge in [-0.2, -0.15) is 0 Å². The van der Waals surface area contributed by atoms with Gasteiger partial charge in [0.25, 0.3) is 0 Å². The van der Waals surface area contributed by atoms with Gasteiger partial charge in [0.15, 0.2) is 0 Å². The summed E-state index contributed by atoms with van der Waals surface area (Å²) in [5.74, 6) is 0.876. The fraction of sp³-hybridized carbons (Fsp3) is 0.100. The van der Waals surface area contributed by atoms with E-state index in [0.29, 0.717) is 0 Å². The Hall–Kier alpha value is -1.35. The molecule has 2 nitrogen and oxygen atoms in total. The average molecular weight is 191 g/mol. The highest BCUT2D eigenvalue weighted by Gasteiger charge is 1.98. The Morgan fingerprint density at radius 2 is 2.00 bits per heavy atom. The van der Waals surface area contributed by atoms with Gasteiger partial charge in [0.2, 0.25) is 0 Å². The van der Waals surface area contributed by atoms with Gasteiger partial charge < -0.3 is 4.74 Å². The SMILES string of the molecule is COc1cccc2ncccc12.[SiH4]. The zero-order chi connectivity index (χ0) is 8.39. The molecule has 0 amide bonds. The van der Waals surface area contributed by atoms with Crippen molar-refractivity contribution in [2.45, 2.75) is 0 Å². The predicted molar refractivity (Wildman–Crippen MR) is 59.6 cm³/mol. The molecule has 0 atom stereocenters. The maximum atomic E-state index is 5.19. The lowest BCUT2D eigenvalue weighted by atomic mass is 10.2. The second kappa shape index (κ2) is 4.05. The zero-order valence-corrected chi connectivity index (χ0v) is 6.82. The standard InChI is InChI=1S/C10H9NO.H4Si/c1-12-10-6-2-5-9-8(10)4-3-7-11-9;/h2-7H,1H3;1H4. The first kappa shape index (κ1) is 9.73. The zero-order valence-electron chi connectivity index (χ0n) is 6.82. The molecule has 1 aromatic heterocycles. The average Bonchev–Trinajstić information content (AvgIpc) is 2.17. The van der Waals surface area contributed by atoms with Crippen molar-refractivity contribution in [1.82, 2.24) is 4.98 Å². The van der Waals surface area contributed by atoms with Gasteiger partial charge in [-0.25, -0.2) is 0 Å². The van der Waals surface area contributed by atoms with Crippen LogP contribution in [0, 0.1) is 0 Å². The predicted octanol–water partition coefficient (Wildman–Crippen LogP) is 0.792. The van der Waals surface area contributed by atoms with Gasteiger partial charge in [-0.1, -0.05) is 6.07 Å². The lowest BCUT2D eigenvalue weighted by molar-refractivity contribution is 0.420. The molecule has 0 aliphatic rings. The third-order valence-corrected chi connectivity index (χ3v) is 1.83. The summed E-state index contributed by atoms with van der Waals surface area (Å²) in [7, 11) is 1.67. The second-order valence-electron chi connectivity index (χ2n) is 2.53. The van der Waals surface area contributed by atoms with E-state index in [1.165, 1.54) is 0 Å². The van der Waals surface area contributed by atoms with Crippen LogP contribution in [-0.4, -0.2) is 23.1 Å². The molecule has 0 unspecified atom stereocenters. The van der Waals surface area contributed by atoms with Crippen LogP contribution in [0.2, 0.25) is 0 Å². The topological polar surface area (TPSA) is 22.1 Å². The molecule has 1 heterocycles. The number of nitrogens with zero attached hydrogens (tertiary/aromatic N) is 1. The Bertz CT molecular complexity index is 398. The van der Waals surface area contributed by atoms with E-state index in [4.69, 9.17) is 4.74 Å². The molecule has 0 bridgehead atoms. The molecule has 0 radical (unpaired) electrons. The number of fused-ring (bicyclic) bond motifs is 1. The summed E-state index contributed by atoms with van der Waals surface area (Å²) in [6, 6.07) is 9.75. The highest BCUT2D eigenvalue weighted by atomic mass is 28.1. The molecule has 0 fully saturated rings. The van der Waals surface area contributed by atoms with Crippen LogP contribution >= 0.6 is 0 Å². The minimum atomic E-state index is 0. The van der Waals surface area contributed by atoms with Gasteiger partial charge >= 0.3 is 0 Å². The van der Waals surface area contributed by atoms with Crippen molar-refractivity contribution < 1.29 is 4.74 Å². The quantitative estimate of drug-likeness (QED) is 0.622. The molecule has 13 heavy (non-hydrogen) atoms. The van der Waals surface area contributed by atoms with E-state index in [9.17, 15) is 0 Å². The third kappa shape index (κ3) is 1.70. The highest BCUT2D eigenvalue weighted by molar-refractivity contribution is 5.84. The van der Waals surface area contributed by atoms with Gasteiger partial charge in [0.05, 0.1) is 12.6 Å². The van der Waals surface area contributed by atoms with Crippen LogP contribution in [0.1, 0.15) is 0 Å². The Kier molecular flexibility index (Phi) is 3.03. The molecule has 0 spiro atoms. The van der Waals surface area contributed by atoms with E-state index < -0.39 is 0 Å². The molecule has 68 valence electrons. The molecule has 2 aromatic rings. The summed E-state index contributed by atoms with van der Waals surface area (Å²) in [5, 5.41) is 1.06. The maximum Gasteiger partial charge on any atom is 0.128 e. The Labute approximate surface area is 81.6 Å². The summed E-state index contributed by atoms with van der Waals surface area (Å²) in [6.07, 6.45) is 1.78. The van der Waals surface area contributed by atoms with Crippen LogP contribution < -0.4 is 4.74 Å². The highest BCUT2D eigenvalue weighted by Crippen LogP contribution is 2.22. The number of methoxy groups -OCH3 is 1. The van der Waals surface area contributed by atoms with Gasteiger partial charge in [-0.3, -0.25) is 4.98 Å². The summed E-state index contributed by atoms with van der Waals surface area (Å²) < 4.78 is 5.19.